The zero-order chi connectivity index (χ0) is 9.97. The van der Waals surface area contributed by atoms with E-state index in [2.05, 4.69) is 5.10 Å². The highest BCUT2D eigenvalue weighted by molar-refractivity contribution is 8.23. The van der Waals surface area contributed by atoms with Crippen molar-refractivity contribution in [1.82, 2.24) is 5.01 Å². The van der Waals surface area contributed by atoms with Crippen LogP contribution < -0.4 is 0 Å². The Morgan fingerprint density at radius 2 is 2.50 bits per heavy atom. The molecule has 1 aromatic heterocycles. The summed E-state index contributed by atoms with van der Waals surface area (Å²) in [5.74, 6) is 0.353. The maximum Gasteiger partial charge on any atom is 0.259 e. The molecule has 3 nitrogen and oxygen atoms in total. The van der Waals surface area contributed by atoms with Crippen LogP contribution in [-0.4, -0.2) is 27.2 Å². The van der Waals surface area contributed by atoms with Gasteiger partial charge in [-0.05, 0) is 16.8 Å². The van der Waals surface area contributed by atoms with Crippen LogP contribution in [0.2, 0.25) is 0 Å². The van der Waals surface area contributed by atoms with E-state index in [0.29, 0.717) is 10.1 Å². The van der Waals surface area contributed by atoms with Crippen LogP contribution in [0, 0.1) is 0 Å². The topological polar surface area (TPSA) is 32.7 Å². The van der Waals surface area contributed by atoms with Gasteiger partial charge in [0.1, 0.15) is 0 Å². The summed E-state index contributed by atoms with van der Waals surface area (Å²) in [5, 5.41) is 9.22. The van der Waals surface area contributed by atoms with Gasteiger partial charge in [0.2, 0.25) is 0 Å². The van der Waals surface area contributed by atoms with E-state index in [4.69, 9.17) is 12.2 Å². The largest absolute Gasteiger partial charge is 0.272 e. The van der Waals surface area contributed by atoms with Crippen molar-refractivity contribution < 1.29 is 4.79 Å². The predicted molar refractivity (Wildman–Crippen MR) is 63.8 cm³/mol. The minimum Gasteiger partial charge on any atom is -0.272 e. The van der Waals surface area contributed by atoms with Crippen molar-refractivity contribution in [2.24, 2.45) is 5.10 Å². The highest BCUT2D eigenvalue weighted by Crippen LogP contribution is 2.19. The van der Waals surface area contributed by atoms with E-state index >= 15 is 0 Å². The average Bonchev–Trinajstić information content (AvgIpc) is 2.76. The van der Waals surface area contributed by atoms with Gasteiger partial charge >= 0.3 is 0 Å². The molecule has 0 unspecified atom stereocenters. The first-order chi connectivity index (χ1) is 6.77. The SMILES string of the molecule is O=C1CSC(=S)N1N=Cc1ccsc1. The highest BCUT2D eigenvalue weighted by Gasteiger charge is 2.25. The van der Waals surface area contributed by atoms with Gasteiger partial charge < -0.3 is 0 Å². The van der Waals surface area contributed by atoms with Crippen LogP contribution in [0.3, 0.4) is 0 Å². The average molecular weight is 242 g/mol. The Hall–Kier alpha value is -0.720. The molecule has 1 aromatic rings. The first kappa shape index (κ1) is 9.82. The van der Waals surface area contributed by atoms with Crippen LogP contribution >= 0.6 is 35.3 Å². The van der Waals surface area contributed by atoms with E-state index in [9.17, 15) is 4.79 Å². The number of hydrogen-bond donors (Lipinski definition) is 0. The van der Waals surface area contributed by atoms with Crippen LogP contribution in [0.25, 0.3) is 0 Å². The van der Waals surface area contributed by atoms with Gasteiger partial charge in [-0.25, -0.2) is 0 Å². The van der Waals surface area contributed by atoms with E-state index in [0.717, 1.165) is 5.56 Å². The molecule has 2 rings (SSSR count). The molecular formula is C8H6N2OS3. The summed E-state index contributed by atoms with van der Waals surface area (Å²) >= 11 is 7.91. The van der Waals surface area contributed by atoms with E-state index in [1.807, 2.05) is 16.8 Å². The van der Waals surface area contributed by atoms with Crippen LogP contribution in [0.15, 0.2) is 21.9 Å². The first-order valence-electron chi connectivity index (χ1n) is 3.83. The maximum atomic E-state index is 11.3. The lowest BCUT2D eigenvalue weighted by atomic mass is 10.4. The van der Waals surface area contributed by atoms with Gasteiger partial charge in [-0.2, -0.15) is 21.4 Å². The smallest absolute Gasteiger partial charge is 0.259 e. The second kappa shape index (κ2) is 4.20. The second-order valence-corrected chi connectivity index (χ2v) is 4.95. The van der Waals surface area contributed by atoms with Gasteiger partial charge in [-0.3, -0.25) is 4.79 Å². The van der Waals surface area contributed by atoms with Gasteiger partial charge in [0.25, 0.3) is 5.91 Å². The van der Waals surface area contributed by atoms with Crippen LogP contribution in [0.4, 0.5) is 0 Å². The normalized spacial score (nSPS) is 17.3. The van der Waals surface area contributed by atoms with E-state index in [1.54, 1.807) is 17.6 Å². The lowest BCUT2D eigenvalue weighted by Crippen LogP contribution is -2.22. The summed E-state index contributed by atoms with van der Waals surface area (Å²) in [6.07, 6.45) is 1.65. The molecule has 14 heavy (non-hydrogen) atoms. The summed E-state index contributed by atoms with van der Waals surface area (Å²) in [5.41, 5.74) is 0.988. The second-order valence-electron chi connectivity index (χ2n) is 2.56. The van der Waals surface area contributed by atoms with Crippen LogP contribution in [0.1, 0.15) is 5.56 Å². The van der Waals surface area contributed by atoms with Crippen molar-refractivity contribution >= 4 is 51.8 Å². The van der Waals surface area contributed by atoms with Crippen molar-refractivity contribution in [3.05, 3.63) is 22.4 Å². The van der Waals surface area contributed by atoms with Crippen LogP contribution in [0.5, 0.6) is 0 Å². The van der Waals surface area contributed by atoms with E-state index in [1.165, 1.54) is 16.8 Å². The lowest BCUT2D eigenvalue weighted by molar-refractivity contribution is -0.123. The number of carbonyl (C=O) groups excluding carboxylic acids is 1. The third-order valence-electron chi connectivity index (χ3n) is 1.59. The molecule has 0 radical (unpaired) electrons. The van der Waals surface area contributed by atoms with Crippen molar-refractivity contribution in [2.45, 2.75) is 0 Å². The molecular weight excluding hydrogens is 236 g/mol. The molecule has 72 valence electrons. The molecule has 0 saturated carbocycles. The van der Waals surface area contributed by atoms with Gasteiger partial charge in [-0.1, -0.05) is 24.0 Å². The molecule has 0 aliphatic carbocycles. The number of carbonyl (C=O) groups is 1. The maximum absolute atomic E-state index is 11.3. The number of amides is 1. The zero-order valence-electron chi connectivity index (χ0n) is 7.04. The van der Waals surface area contributed by atoms with Gasteiger partial charge in [0.15, 0.2) is 4.32 Å². The fourth-order valence-electron chi connectivity index (χ4n) is 0.932. The van der Waals surface area contributed by atoms with Crippen molar-refractivity contribution in [3.63, 3.8) is 0 Å². The Balaban J connectivity index is 2.10. The molecule has 0 spiro atoms. The Morgan fingerprint density at radius 1 is 1.64 bits per heavy atom. The minimum absolute atomic E-state index is 0.0496. The fraction of sp³-hybridized carbons (Fsp3) is 0.125. The molecule has 1 fully saturated rings. The van der Waals surface area contributed by atoms with Crippen molar-refractivity contribution in [2.75, 3.05) is 5.75 Å². The van der Waals surface area contributed by atoms with Crippen molar-refractivity contribution in [1.29, 1.82) is 0 Å². The minimum atomic E-state index is -0.0496. The summed E-state index contributed by atoms with van der Waals surface area (Å²) in [4.78, 5) is 11.3. The fourth-order valence-corrected chi connectivity index (χ4v) is 2.51. The number of thioether (sulfide) groups is 1. The third-order valence-corrected chi connectivity index (χ3v) is 3.63. The number of rotatable bonds is 2. The molecule has 0 bridgehead atoms. The standard InChI is InChI=1S/C8H6N2OS3/c11-7-5-14-8(12)10(7)9-3-6-1-2-13-4-6/h1-4H,5H2. The molecule has 1 saturated heterocycles. The van der Waals surface area contributed by atoms with E-state index in [-0.39, 0.29) is 5.91 Å². The monoisotopic (exact) mass is 242 g/mol. The zero-order valence-corrected chi connectivity index (χ0v) is 9.49. The summed E-state index contributed by atoms with van der Waals surface area (Å²) in [7, 11) is 0. The molecule has 6 heteroatoms. The molecule has 1 aliphatic rings. The molecule has 0 N–H and O–H groups in total. The van der Waals surface area contributed by atoms with Gasteiger partial charge in [-0.15, -0.1) is 0 Å². The Kier molecular flexibility index (Phi) is 2.95. The molecule has 0 aromatic carbocycles. The molecule has 1 aliphatic heterocycles. The number of thiophene rings is 1. The van der Waals surface area contributed by atoms with Gasteiger partial charge in [0, 0.05) is 5.56 Å². The molecule has 1 amide bonds. The Bertz CT molecular complexity index is 369. The summed E-state index contributed by atoms with van der Waals surface area (Å²) < 4.78 is 0.529. The quantitative estimate of drug-likeness (QED) is 0.587. The van der Waals surface area contributed by atoms with Crippen LogP contribution in [-0.2, 0) is 4.79 Å². The Labute approximate surface area is 94.8 Å². The molecule has 0 atom stereocenters. The summed E-state index contributed by atoms with van der Waals surface area (Å²) in [6.45, 7) is 0. The van der Waals surface area contributed by atoms with Crippen molar-refractivity contribution in [3.8, 4) is 0 Å². The first-order valence-corrected chi connectivity index (χ1v) is 6.17. The van der Waals surface area contributed by atoms with Gasteiger partial charge in [0.05, 0.1) is 12.0 Å². The summed E-state index contributed by atoms with van der Waals surface area (Å²) in [6, 6.07) is 1.94. The number of hydrazone groups is 1. The Morgan fingerprint density at radius 3 is 3.07 bits per heavy atom. The number of thiocarbonyl (C=S) groups is 1. The lowest BCUT2D eigenvalue weighted by Gasteiger charge is -2.05. The molecule has 2 heterocycles. The highest BCUT2D eigenvalue weighted by atomic mass is 32.2. The van der Waals surface area contributed by atoms with E-state index < -0.39 is 0 Å². The predicted octanol–water partition coefficient (Wildman–Crippen LogP) is 1.94. The third kappa shape index (κ3) is 2.02. The number of nitrogens with zero attached hydrogens (tertiary/aromatic N) is 2. The number of hydrogen-bond acceptors (Lipinski definition) is 5.